The molecule has 0 aliphatic heterocycles. The minimum atomic E-state index is -0.0342. The molecule has 0 fully saturated rings. The standard InChI is InChI=1S/C61H42O.C2H6/c62-61(59-39-55(51-29-13-25-47(33-51)43-17-5-1-6-18-43)37-56(40-59)52-30-14-26-48(34-52)44-19-7-2-8-20-44)60-41-57(53-31-15-27-49(35-53)45-21-9-3-10-22-45)38-58(42-60)54-32-16-28-50(36-54)46-23-11-4-12-24-46;1-2/h1-42H;1-2H3. The summed E-state index contributed by atoms with van der Waals surface area (Å²) in [6.07, 6.45) is 0. The predicted octanol–water partition coefficient (Wildman–Crippen LogP) is 17.3. The summed E-state index contributed by atoms with van der Waals surface area (Å²) in [7, 11) is 0. The molecule has 0 heterocycles. The van der Waals surface area contributed by atoms with Crippen molar-refractivity contribution in [2.45, 2.75) is 13.8 Å². The number of rotatable bonds is 10. The van der Waals surface area contributed by atoms with Crippen LogP contribution in [0.4, 0.5) is 0 Å². The highest BCUT2D eigenvalue weighted by atomic mass is 16.1. The fourth-order valence-electron chi connectivity index (χ4n) is 8.39. The maximum Gasteiger partial charge on any atom is 0.193 e. The Bertz CT molecular complexity index is 2750. The van der Waals surface area contributed by atoms with E-state index in [1.165, 1.54) is 0 Å². The van der Waals surface area contributed by atoms with E-state index in [4.69, 9.17) is 0 Å². The van der Waals surface area contributed by atoms with Gasteiger partial charge in [-0.2, -0.15) is 0 Å². The number of carbonyl (C=O) groups excluding carboxylic acids is 1. The van der Waals surface area contributed by atoms with E-state index < -0.39 is 0 Å². The monoisotopic (exact) mass is 820 g/mol. The molecular formula is C63H48O. The van der Waals surface area contributed by atoms with Gasteiger partial charge in [0.15, 0.2) is 5.78 Å². The van der Waals surface area contributed by atoms with Crippen LogP contribution in [0.5, 0.6) is 0 Å². The summed E-state index contributed by atoms with van der Waals surface area (Å²) >= 11 is 0. The van der Waals surface area contributed by atoms with Gasteiger partial charge in [0.05, 0.1) is 0 Å². The zero-order valence-electron chi connectivity index (χ0n) is 36.2. The van der Waals surface area contributed by atoms with Gasteiger partial charge in [-0.3, -0.25) is 4.79 Å². The van der Waals surface area contributed by atoms with Crippen LogP contribution >= 0.6 is 0 Å². The predicted molar refractivity (Wildman–Crippen MR) is 271 cm³/mol. The molecule has 64 heavy (non-hydrogen) atoms. The maximum atomic E-state index is 15.3. The first-order valence-corrected chi connectivity index (χ1v) is 22.1. The molecule has 0 amide bonds. The van der Waals surface area contributed by atoms with E-state index in [2.05, 4.69) is 231 Å². The van der Waals surface area contributed by atoms with Crippen LogP contribution < -0.4 is 0 Å². The lowest BCUT2D eigenvalue weighted by Crippen LogP contribution is -2.03. The van der Waals surface area contributed by atoms with E-state index in [1.54, 1.807) is 0 Å². The zero-order chi connectivity index (χ0) is 43.7. The molecule has 0 bridgehead atoms. The van der Waals surface area contributed by atoms with Gasteiger partial charge in [-0.1, -0.05) is 208 Å². The fraction of sp³-hybridized carbons (Fsp3) is 0.0317. The number of carbonyl (C=O) groups is 1. The summed E-state index contributed by atoms with van der Waals surface area (Å²) in [5, 5.41) is 0. The number of hydrogen-bond acceptors (Lipinski definition) is 1. The quantitative estimate of drug-likeness (QED) is 0.126. The first kappa shape index (κ1) is 41.2. The molecule has 0 N–H and O–H groups in total. The lowest BCUT2D eigenvalue weighted by atomic mass is 9.88. The van der Waals surface area contributed by atoms with Crippen LogP contribution in [0.2, 0.25) is 0 Å². The van der Waals surface area contributed by atoms with Gasteiger partial charge in [-0.25, -0.2) is 0 Å². The molecule has 0 aromatic heterocycles. The van der Waals surface area contributed by atoms with Crippen LogP contribution in [-0.2, 0) is 0 Å². The number of benzene rings is 10. The van der Waals surface area contributed by atoms with E-state index in [0.29, 0.717) is 11.1 Å². The van der Waals surface area contributed by atoms with Crippen molar-refractivity contribution in [1.82, 2.24) is 0 Å². The molecular weight excluding hydrogens is 773 g/mol. The van der Waals surface area contributed by atoms with Crippen molar-refractivity contribution in [1.29, 1.82) is 0 Å². The third-order valence-corrected chi connectivity index (χ3v) is 11.6. The minimum absolute atomic E-state index is 0.0342. The number of ketones is 1. The first-order valence-electron chi connectivity index (χ1n) is 22.1. The van der Waals surface area contributed by atoms with Gasteiger partial charge in [0.25, 0.3) is 0 Å². The second kappa shape index (κ2) is 19.3. The van der Waals surface area contributed by atoms with Gasteiger partial charge < -0.3 is 0 Å². The van der Waals surface area contributed by atoms with E-state index >= 15 is 4.79 Å². The average Bonchev–Trinajstić information content (AvgIpc) is 3.40. The molecule has 1 nitrogen and oxygen atoms in total. The molecule has 306 valence electrons. The van der Waals surface area contributed by atoms with Gasteiger partial charge in [0, 0.05) is 11.1 Å². The Labute approximate surface area is 377 Å². The Hall–Kier alpha value is -8.13. The summed E-state index contributed by atoms with van der Waals surface area (Å²) in [6, 6.07) is 88.9. The fourth-order valence-corrected chi connectivity index (χ4v) is 8.39. The molecule has 0 aliphatic rings. The Balaban J connectivity index is 0.00000256. The van der Waals surface area contributed by atoms with Crippen molar-refractivity contribution in [3.05, 3.63) is 266 Å². The maximum absolute atomic E-state index is 15.3. The van der Waals surface area contributed by atoms with Crippen LogP contribution in [-0.4, -0.2) is 5.78 Å². The number of hydrogen-bond donors (Lipinski definition) is 0. The van der Waals surface area contributed by atoms with Crippen molar-refractivity contribution in [2.24, 2.45) is 0 Å². The third-order valence-electron chi connectivity index (χ3n) is 11.6. The van der Waals surface area contributed by atoms with Crippen molar-refractivity contribution in [3.63, 3.8) is 0 Å². The Morgan fingerprint density at radius 1 is 0.203 bits per heavy atom. The van der Waals surface area contributed by atoms with Crippen LogP contribution in [0.25, 0.3) is 89.0 Å². The Morgan fingerprint density at radius 2 is 0.375 bits per heavy atom. The molecule has 0 saturated heterocycles. The molecule has 0 aliphatic carbocycles. The molecule has 0 atom stereocenters. The molecule has 0 unspecified atom stereocenters. The SMILES string of the molecule is CC.O=C(c1cc(-c2cccc(-c3ccccc3)c2)cc(-c2cccc(-c3ccccc3)c2)c1)c1cc(-c2cccc(-c3ccccc3)c2)cc(-c2cccc(-c3ccccc3)c2)c1. The van der Waals surface area contributed by atoms with Crippen molar-refractivity contribution in [2.75, 3.05) is 0 Å². The smallest absolute Gasteiger partial charge is 0.193 e. The van der Waals surface area contributed by atoms with Crippen molar-refractivity contribution in [3.8, 4) is 89.0 Å². The Kier molecular flexibility index (Phi) is 12.4. The first-order chi connectivity index (χ1) is 31.6. The summed E-state index contributed by atoms with van der Waals surface area (Å²) in [4.78, 5) is 15.3. The van der Waals surface area contributed by atoms with Gasteiger partial charge in [-0.05, 0) is 150 Å². The van der Waals surface area contributed by atoms with Gasteiger partial charge >= 0.3 is 0 Å². The van der Waals surface area contributed by atoms with Crippen LogP contribution in [0, 0.1) is 0 Å². The second-order valence-corrected chi connectivity index (χ2v) is 15.7. The lowest BCUT2D eigenvalue weighted by Gasteiger charge is -2.15. The third kappa shape index (κ3) is 9.21. The zero-order valence-corrected chi connectivity index (χ0v) is 36.2. The molecule has 10 aromatic rings. The second-order valence-electron chi connectivity index (χ2n) is 15.7. The molecule has 10 aromatic carbocycles. The molecule has 0 spiro atoms. The topological polar surface area (TPSA) is 17.1 Å². The van der Waals surface area contributed by atoms with Crippen LogP contribution in [0.1, 0.15) is 29.8 Å². The van der Waals surface area contributed by atoms with Crippen molar-refractivity contribution >= 4 is 5.78 Å². The van der Waals surface area contributed by atoms with Crippen molar-refractivity contribution < 1.29 is 4.79 Å². The summed E-state index contributed by atoms with van der Waals surface area (Å²) in [5.74, 6) is -0.0342. The minimum Gasteiger partial charge on any atom is -0.289 e. The highest BCUT2D eigenvalue weighted by molar-refractivity contribution is 6.11. The molecule has 10 rings (SSSR count). The largest absolute Gasteiger partial charge is 0.289 e. The highest BCUT2D eigenvalue weighted by Gasteiger charge is 2.18. The summed E-state index contributed by atoms with van der Waals surface area (Å²) < 4.78 is 0. The van der Waals surface area contributed by atoms with E-state index in [-0.39, 0.29) is 5.78 Å². The Morgan fingerprint density at radius 3 is 0.594 bits per heavy atom. The normalized spacial score (nSPS) is 10.7. The summed E-state index contributed by atoms with van der Waals surface area (Å²) in [5.41, 5.74) is 18.5. The van der Waals surface area contributed by atoms with Crippen LogP contribution in [0.3, 0.4) is 0 Å². The lowest BCUT2D eigenvalue weighted by molar-refractivity contribution is 0.103. The van der Waals surface area contributed by atoms with E-state index in [9.17, 15) is 0 Å². The average molecular weight is 821 g/mol. The highest BCUT2D eigenvalue weighted by Crippen LogP contribution is 2.37. The molecule has 0 saturated carbocycles. The van der Waals surface area contributed by atoms with Gasteiger partial charge in [0.2, 0.25) is 0 Å². The summed E-state index contributed by atoms with van der Waals surface area (Å²) in [6.45, 7) is 4.00. The van der Waals surface area contributed by atoms with Gasteiger partial charge in [0.1, 0.15) is 0 Å². The molecule has 1 heteroatoms. The van der Waals surface area contributed by atoms with Crippen LogP contribution in [0.15, 0.2) is 255 Å². The molecule has 0 radical (unpaired) electrons. The van der Waals surface area contributed by atoms with E-state index in [0.717, 1.165) is 89.0 Å². The van der Waals surface area contributed by atoms with E-state index in [1.807, 2.05) is 38.1 Å². The van der Waals surface area contributed by atoms with Gasteiger partial charge in [-0.15, -0.1) is 0 Å².